The standard InChI is InChI=1S/10CN.3Co.2Fe.2NO/c10*1-2;;;;;;2*1-2/q10*-1;3*+2;2*+3;2*-1. The number of hydrogen-bond donors (Lipinski definition) is 0. The summed E-state index contributed by atoms with van der Waals surface area (Å²) in [6.45, 7) is 47.5. The van der Waals surface area contributed by atoms with Gasteiger partial charge in [-0.3, -0.25) is 0 Å². The Bertz CT molecular complexity index is 227. The first-order chi connectivity index (χ1) is 12.0. The molecule has 0 aromatic heterocycles. The Kier molecular flexibility index (Phi) is 8870. The van der Waals surface area contributed by atoms with Crippen molar-refractivity contribution in [2.24, 2.45) is 0 Å². The first-order valence-electron chi connectivity index (χ1n) is 2.60. The molecule has 0 aromatic rings. The van der Waals surface area contributed by atoms with Gasteiger partial charge in [0.05, 0.1) is 0 Å². The van der Waals surface area contributed by atoms with Crippen molar-refractivity contribution in [1.29, 1.82) is 52.6 Å². The van der Waals surface area contributed by atoms with Gasteiger partial charge in [-0.15, -0.1) is 0 Å². The Balaban J connectivity index is -0.00000000356. The molecule has 0 amide bonds. The third kappa shape index (κ3) is 1130. The molecule has 0 aliphatic heterocycles. The average Bonchev–Trinajstić information content (AvgIpc) is 2.84. The van der Waals surface area contributed by atoms with Crippen molar-refractivity contribution < 1.29 is 84.5 Å². The van der Waals surface area contributed by atoms with E-state index in [1.54, 1.807) is 0 Å². The van der Waals surface area contributed by atoms with Crippen LogP contribution in [-0.4, -0.2) is 0 Å². The maximum atomic E-state index is 7.25. The van der Waals surface area contributed by atoms with Gasteiger partial charge in [-0.25, -0.2) is 0 Å². The van der Waals surface area contributed by atoms with Gasteiger partial charge >= 0.3 is 84.5 Å². The molecule has 0 heterocycles. The molecule has 0 spiro atoms. The SMILES string of the molecule is [C-]#N.[C-]#N.[C-]#N.[C-]#N.[C-]#N.[C-]#N.[C-]#N.[C-]#N.[C-]#N.[C-]#N.[Co+2].[Co+2].[Co+2].[Fe+3].[Fe+3].[N-]=O.[N-]=O. The second kappa shape index (κ2) is 1240. The molecule has 155 valence electrons. The van der Waals surface area contributed by atoms with Crippen molar-refractivity contribution >= 4 is 0 Å². The molecule has 0 N–H and O–H groups in total. The molecule has 0 saturated heterocycles. The van der Waals surface area contributed by atoms with Crippen molar-refractivity contribution in [3.63, 3.8) is 0 Å². The summed E-state index contributed by atoms with van der Waals surface area (Å²) in [5, 5.41) is 62.5. The van der Waals surface area contributed by atoms with E-state index in [0.29, 0.717) is 0 Å². The maximum Gasteiger partial charge on any atom is 3.00 e. The Morgan fingerprint density at radius 1 is 0.276 bits per heavy atom. The molecule has 5 radical (unpaired) electrons. The van der Waals surface area contributed by atoms with E-state index in [9.17, 15) is 0 Å². The monoisotopic (exact) mass is 609 g/mol. The van der Waals surface area contributed by atoms with Crippen LogP contribution in [0.2, 0.25) is 0 Å². The van der Waals surface area contributed by atoms with Crippen LogP contribution in [0.4, 0.5) is 0 Å². The van der Waals surface area contributed by atoms with E-state index in [2.05, 4.69) is 0 Å². The van der Waals surface area contributed by atoms with Crippen LogP contribution >= 0.6 is 0 Å². The predicted octanol–water partition coefficient (Wildman–Crippen LogP) is 1.60. The van der Waals surface area contributed by atoms with Gasteiger partial charge in [0, 0.05) is 0 Å². The van der Waals surface area contributed by atoms with Crippen LogP contribution < -0.4 is 0 Å². The first-order valence-corrected chi connectivity index (χ1v) is 2.60. The Labute approximate surface area is 222 Å². The smallest absolute Gasteiger partial charge is 0.577 e. The molecule has 0 unspecified atom stereocenters. The van der Waals surface area contributed by atoms with Gasteiger partial charge < -0.3 is 139 Å². The van der Waals surface area contributed by atoms with Gasteiger partial charge in [0.1, 0.15) is 0 Å². The minimum Gasteiger partial charge on any atom is -0.577 e. The molecule has 0 aliphatic rings. The van der Waals surface area contributed by atoms with Gasteiger partial charge in [0.25, 0.3) is 0 Å². The largest absolute Gasteiger partial charge is 3.00 e. The third-order valence-corrected chi connectivity index (χ3v) is 0. The zero-order valence-electron chi connectivity index (χ0n) is 12.9. The number of hydrogen-bond acceptors (Lipinski definition) is 12. The van der Waals surface area contributed by atoms with E-state index in [-0.39, 0.29) is 84.5 Å². The summed E-state index contributed by atoms with van der Waals surface area (Å²) in [4.78, 5) is 14.5. The van der Waals surface area contributed by atoms with E-state index < -0.39 is 0 Å². The fraction of sp³-hybridized carbons (Fsp3) is 0. The number of rotatable bonds is 0. The van der Waals surface area contributed by atoms with Crippen LogP contribution in [0.15, 0.2) is 0 Å². The van der Waals surface area contributed by atoms with E-state index in [4.69, 9.17) is 139 Å². The second-order valence-corrected chi connectivity index (χ2v) is 0. The summed E-state index contributed by atoms with van der Waals surface area (Å²) in [5.41, 5.74) is 11.5. The Hall–Kier alpha value is -3.34. The summed E-state index contributed by atoms with van der Waals surface area (Å²) in [6, 6.07) is 0. The molecule has 0 saturated carbocycles. The topological polar surface area (TPSA) is 317 Å². The summed E-state index contributed by atoms with van der Waals surface area (Å²) in [6.07, 6.45) is 0. The van der Waals surface area contributed by atoms with E-state index >= 15 is 0 Å². The van der Waals surface area contributed by atoms with Gasteiger partial charge in [-0.1, -0.05) is 0 Å². The second-order valence-electron chi connectivity index (χ2n) is 0. The fourth-order valence-corrected chi connectivity index (χ4v) is 0. The van der Waals surface area contributed by atoms with Gasteiger partial charge in [0.2, 0.25) is 0 Å². The quantitative estimate of drug-likeness (QED) is 0.279. The van der Waals surface area contributed by atoms with Crippen molar-refractivity contribution in [2.45, 2.75) is 0 Å². The Morgan fingerprint density at radius 2 is 0.276 bits per heavy atom. The van der Waals surface area contributed by atoms with Crippen molar-refractivity contribution in [3.8, 4) is 0 Å². The molecule has 0 rings (SSSR count). The fourth-order valence-electron chi connectivity index (χ4n) is 0. The molecular formula is C10Co3Fe2N12O2. The molecule has 0 atom stereocenters. The molecule has 0 aromatic carbocycles. The number of nitrogens with zero attached hydrogens (tertiary/aromatic N) is 12. The molecule has 29 heavy (non-hydrogen) atoms. The normalized spacial score (nSPS) is 0.966. The van der Waals surface area contributed by atoms with Crippen molar-refractivity contribution in [3.05, 3.63) is 86.7 Å². The summed E-state index contributed by atoms with van der Waals surface area (Å²) >= 11 is 0. The molecule has 14 nitrogen and oxygen atoms in total. The minimum atomic E-state index is 0. The van der Waals surface area contributed by atoms with Crippen LogP contribution in [-0.2, 0) is 84.5 Å². The summed E-state index contributed by atoms with van der Waals surface area (Å²) in [7, 11) is 0. The van der Waals surface area contributed by atoms with Crippen molar-refractivity contribution in [2.75, 3.05) is 0 Å². The molecule has 19 heteroatoms. The van der Waals surface area contributed by atoms with Crippen molar-refractivity contribution in [1.82, 2.24) is 0 Å². The average molecular weight is 609 g/mol. The van der Waals surface area contributed by atoms with Gasteiger partial charge in [-0.2, -0.15) is 0 Å². The first kappa shape index (κ1) is 208. The third-order valence-electron chi connectivity index (χ3n) is 0. The zero-order valence-corrected chi connectivity index (χ0v) is 18.2. The number of nitroso groups, excluding NO2 is 2. The van der Waals surface area contributed by atoms with Gasteiger partial charge in [-0.05, 0) is 0 Å². The van der Waals surface area contributed by atoms with Gasteiger partial charge in [0.15, 0.2) is 0 Å². The maximum absolute atomic E-state index is 7.25. The molecule has 0 fully saturated rings. The van der Waals surface area contributed by atoms with E-state index in [1.165, 1.54) is 0 Å². The summed E-state index contributed by atoms with van der Waals surface area (Å²) in [5.74, 6) is 0. The molecule has 0 bridgehead atoms. The summed E-state index contributed by atoms with van der Waals surface area (Å²) < 4.78 is 0. The van der Waals surface area contributed by atoms with Crippen LogP contribution in [0, 0.1) is 128 Å². The van der Waals surface area contributed by atoms with Crippen LogP contribution in [0.3, 0.4) is 0 Å². The zero-order chi connectivity index (χ0) is 24.0. The predicted molar refractivity (Wildman–Crippen MR) is 63.1 cm³/mol. The van der Waals surface area contributed by atoms with Crippen LogP contribution in [0.25, 0.3) is 11.2 Å². The Morgan fingerprint density at radius 3 is 0.276 bits per heavy atom. The molecule has 0 aliphatic carbocycles. The minimum absolute atomic E-state index is 0. The van der Waals surface area contributed by atoms with E-state index in [1.807, 2.05) is 0 Å². The van der Waals surface area contributed by atoms with Crippen LogP contribution in [0.5, 0.6) is 0 Å². The van der Waals surface area contributed by atoms with Crippen LogP contribution in [0.1, 0.15) is 0 Å². The molecular weight excluding hydrogens is 609 g/mol. The van der Waals surface area contributed by atoms with E-state index in [0.717, 1.165) is 0 Å².